The fraction of sp³-hybridized carbons (Fsp3) is 0.667. The Morgan fingerprint density at radius 2 is 2.00 bits per heavy atom. The van der Waals surface area contributed by atoms with Crippen LogP contribution in [0.4, 0.5) is 0 Å². The molecule has 1 N–H and O–H groups in total. The lowest BCUT2D eigenvalue weighted by atomic mass is 9.96. The maximum atomic E-state index is 4.20. The van der Waals surface area contributed by atoms with Crippen LogP contribution in [-0.2, 0) is 5.41 Å². The summed E-state index contributed by atoms with van der Waals surface area (Å²) in [6.45, 7) is 6.30. The van der Waals surface area contributed by atoms with Crippen molar-refractivity contribution < 1.29 is 0 Å². The summed E-state index contributed by atoms with van der Waals surface area (Å²) in [7, 11) is 0. The summed E-state index contributed by atoms with van der Waals surface area (Å²) in [6.07, 6.45) is 0. The van der Waals surface area contributed by atoms with Crippen LogP contribution in [0.3, 0.4) is 0 Å². The maximum Gasteiger partial charge on any atom is 0.211 e. The highest BCUT2D eigenvalue weighted by Gasteiger charge is 2.17. The molecule has 3 nitrogen and oxygen atoms in total. The van der Waals surface area contributed by atoms with Crippen molar-refractivity contribution >= 4 is 22.6 Å². The smallest absolute Gasteiger partial charge is 0.211 e. The molecule has 0 aliphatic rings. The van der Waals surface area contributed by atoms with Crippen LogP contribution in [0.1, 0.15) is 26.6 Å². The first-order chi connectivity index (χ1) is 4.50. The van der Waals surface area contributed by atoms with Crippen LogP contribution in [0.2, 0.25) is 0 Å². The predicted octanol–water partition coefficient (Wildman–Crippen LogP) is 1.71. The van der Waals surface area contributed by atoms with Gasteiger partial charge in [0.2, 0.25) is 3.83 Å². The Labute approximate surface area is 73.8 Å². The lowest BCUT2D eigenvalue weighted by molar-refractivity contribution is 0.548. The standard InChI is InChI=1S/C6H10IN3/c1-6(2,3)4-8-5(7)10-9-4/h1-3H3,(H,8,9,10). The molecule has 56 valence electrons. The van der Waals surface area contributed by atoms with E-state index in [1.807, 2.05) is 0 Å². The van der Waals surface area contributed by atoms with Crippen molar-refractivity contribution in [3.8, 4) is 0 Å². The summed E-state index contributed by atoms with van der Waals surface area (Å²) >= 11 is 2.09. The van der Waals surface area contributed by atoms with Gasteiger partial charge in [-0.05, 0) is 0 Å². The molecular weight excluding hydrogens is 241 g/mol. The van der Waals surface area contributed by atoms with Gasteiger partial charge in [-0.2, -0.15) is 0 Å². The molecule has 0 saturated carbocycles. The molecule has 0 atom stereocenters. The summed E-state index contributed by atoms with van der Waals surface area (Å²) in [5, 5.41) is 6.81. The first-order valence-corrected chi connectivity index (χ1v) is 4.16. The molecule has 0 aliphatic heterocycles. The van der Waals surface area contributed by atoms with Gasteiger partial charge in [0.15, 0.2) is 0 Å². The van der Waals surface area contributed by atoms with Crippen LogP contribution >= 0.6 is 22.6 Å². The number of hydrogen-bond donors (Lipinski definition) is 1. The van der Waals surface area contributed by atoms with Crippen molar-refractivity contribution in [1.82, 2.24) is 15.2 Å². The molecule has 4 heteroatoms. The Bertz CT molecular complexity index is 223. The molecule has 1 aromatic heterocycles. The minimum Gasteiger partial charge on any atom is -0.262 e. The molecule has 0 bridgehead atoms. The number of nitrogens with one attached hydrogen (secondary N) is 1. The Balaban J connectivity index is 2.96. The molecule has 0 fully saturated rings. The quantitative estimate of drug-likeness (QED) is 0.713. The zero-order chi connectivity index (χ0) is 7.78. The van der Waals surface area contributed by atoms with Crippen molar-refractivity contribution in [2.45, 2.75) is 26.2 Å². The van der Waals surface area contributed by atoms with E-state index >= 15 is 0 Å². The van der Waals surface area contributed by atoms with Crippen LogP contribution in [0.5, 0.6) is 0 Å². The average Bonchev–Trinajstić information content (AvgIpc) is 2.11. The largest absolute Gasteiger partial charge is 0.262 e. The van der Waals surface area contributed by atoms with Gasteiger partial charge in [0.1, 0.15) is 5.82 Å². The van der Waals surface area contributed by atoms with E-state index in [0.717, 1.165) is 9.66 Å². The lowest BCUT2D eigenvalue weighted by Gasteiger charge is -2.12. The van der Waals surface area contributed by atoms with E-state index in [-0.39, 0.29) is 5.41 Å². The molecule has 0 aliphatic carbocycles. The number of aromatic amines is 1. The Morgan fingerprint density at radius 3 is 2.20 bits per heavy atom. The van der Waals surface area contributed by atoms with E-state index in [1.165, 1.54) is 0 Å². The third-order valence-corrected chi connectivity index (χ3v) is 1.65. The third-order valence-electron chi connectivity index (χ3n) is 1.17. The minimum absolute atomic E-state index is 0.0798. The SMILES string of the molecule is CC(C)(C)c1nc(I)n[nH]1. The minimum atomic E-state index is 0.0798. The highest BCUT2D eigenvalue weighted by Crippen LogP contribution is 2.17. The molecule has 1 heterocycles. The zero-order valence-corrected chi connectivity index (χ0v) is 8.43. The van der Waals surface area contributed by atoms with E-state index in [9.17, 15) is 0 Å². The molecular formula is C6H10IN3. The van der Waals surface area contributed by atoms with Crippen LogP contribution in [0.25, 0.3) is 0 Å². The van der Waals surface area contributed by atoms with Gasteiger partial charge in [-0.3, -0.25) is 5.10 Å². The molecule has 1 aromatic rings. The van der Waals surface area contributed by atoms with Crippen molar-refractivity contribution in [2.24, 2.45) is 0 Å². The Kier molecular flexibility index (Phi) is 1.98. The predicted molar refractivity (Wildman–Crippen MR) is 47.8 cm³/mol. The van der Waals surface area contributed by atoms with Gasteiger partial charge < -0.3 is 0 Å². The lowest BCUT2D eigenvalue weighted by Crippen LogP contribution is -2.13. The first-order valence-electron chi connectivity index (χ1n) is 3.08. The summed E-state index contributed by atoms with van der Waals surface area (Å²) < 4.78 is 0.780. The van der Waals surface area contributed by atoms with Gasteiger partial charge in [0, 0.05) is 28.0 Å². The average molecular weight is 251 g/mol. The second-order valence-corrected chi connectivity index (χ2v) is 4.17. The Hall–Kier alpha value is -0.130. The molecule has 0 amide bonds. The summed E-state index contributed by atoms with van der Waals surface area (Å²) in [6, 6.07) is 0. The Morgan fingerprint density at radius 1 is 1.40 bits per heavy atom. The van der Waals surface area contributed by atoms with E-state index in [4.69, 9.17) is 0 Å². The number of rotatable bonds is 0. The first kappa shape index (κ1) is 7.97. The van der Waals surface area contributed by atoms with E-state index in [1.54, 1.807) is 0 Å². The van der Waals surface area contributed by atoms with Crippen molar-refractivity contribution in [3.05, 3.63) is 9.66 Å². The summed E-state index contributed by atoms with van der Waals surface area (Å²) in [5.74, 6) is 0.942. The van der Waals surface area contributed by atoms with Crippen LogP contribution in [0.15, 0.2) is 0 Å². The van der Waals surface area contributed by atoms with Gasteiger partial charge in [-0.15, -0.1) is 5.10 Å². The molecule has 0 unspecified atom stereocenters. The number of halogens is 1. The third kappa shape index (κ3) is 1.68. The molecule has 0 aromatic carbocycles. The van der Waals surface area contributed by atoms with E-state index in [0.29, 0.717) is 0 Å². The maximum absolute atomic E-state index is 4.20. The molecule has 10 heavy (non-hydrogen) atoms. The number of H-pyrrole nitrogens is 1. The number of aromatic nitrogens is 3. The fourth-order valence-corrected chi connectivity index (χ4v) is 0.939. The van der Waals surface area contributed by atoms with Gasteiger partial charge in [0.25, 0.3) is 0 Å². The van der Waals surface area contributed by atoms with Crippen molar-refractivity contribution in [3.63, 3.8) is 0 Å². The monoisotopic (exact) mass is 251 g/mol. The normalized spacial score (nSPS) is 12.0. The van der Waals surface area contributed by atoms with Crippen LogP contribution in [0, 0.1) is 3.83 Å². The van der Waals surface area contributed by atoms with Crippen molar-refractivity contribution in [2.75, 3.05) is 0 Å². The zero-order valence-electron chi connectivity index (χ0n) is 6.27. The highest BCUT2D eigenvalue weighted by atomic mass is 127. The molecule has 0 radical (unpaired) electrons. The fourth-order valence-electron chi connectivity index (χ4n) is 0.577. The van der Waals surface area contributed by atoms with E-state index < -0.39 is 0 Å². The van der Waals surface area contributed by atoms with Crippen molar-refractivity contribution in [1.29, 1.82) is 0 Å². The molecule has 0 saturated heterocycles. The van der Waals surface area contributed by atoms with Gasteiger partial charge in [-0.25, -0.2) is 4.98 Å². The van der Waals surface area contributed by atoms with Gasteiger partial charge in [0.05, 0.1) is 0 Å². The van der Waals surface area contributed by atoms with E-state index in [2.05, 4.69) is 58.5 Å². The van der Waals surface area contributed by atoms with Crippen LogP contribution in [-0.4, -0.2) is 15.2 Å². The van der Waals surface area contributed by atoms with Gasteiger partial charge in [-0.1, -0.05) is 20.8 Å². The number of nitrogens with zero attached hydrogens (tertiary/aromatic N) is 2. The highest BCUT2D eigenvalue weighted by molar-refractivity contribution is 14.1. The number of hydrogen-bond acceptors (Lipinski definition) is 2. The second kappa shape index (κ2) is 2.48. The molecule has 0 spiro atoms. The molecule has 1 rings (SSSR count). The second-order valence-electron chi connectivity index (χ2n) is 3.20. The van der Waals surface area contributed by atoms with Crippen LogP contribution < -0.4 is 0 Å². The summed E-state index contributed by atoms with van der Waals surface area (Å²) in [4.78, 5) is 4.20. The topological polar surface area (TPSA) is 41.6 Å². The van der Waals surface area contributed by atoms with Gasteiger partial charge >= 0.3 is 0 Å². The summed E-state index contributed by atoms with van der Waals surface area (Å²) in [5.41, 5.74) is 0.0798.